The first-order valence-electron chi connectivity index (χ1n) is 5.66. The van der Waals surface area contributed by atoms with Crippen LogP contribution in [0.1, 0.15) is 5.56 Å². The third-order valence-electron chi connectivity index (χ3n) is 2.96. The first kappa shape index (κ1) is 10.7. The quantitative estimate of drug-likeness (QED) is 0.685. The zero-order valence-corrected chi connectivity index (χ0v) is 9.84. The molecule has 3 aromatic rings. The van der Waals surface area contributed by atoms with E-state index in [0.29, 0.717) is 11.0 Å². The molecule has 18 heavy (non-hydrogen) atoms. The number of para-hydroxylation sites is 1. The van der Waals surface area contributed by atoms with Gasteiger partial charge in [-0.05, 0) is 36.8 Å². The molecule has 90 valence electrons. The molecule has 0 amide bonds. The van der Waals surface area contributed by atoms with Gasteiger partial charge >= 0.3 is 5.69 Å². The highest BCUT2D eigenvalue weighted by Crippen LogP contribution is 2.23. The maximum atomic E-state index is 12.0. The van der Waals surface area contributed by atoms with Gasteiger partial charge in [0, 0.05) is 0 Å². The summed E-state index contributed by atoms with van der Waals surface area (Å²) in [6, 6.07) is 12.7. The number of hydrogen-bond acceptors (Lipinski definition) is 2. The first-order chi connectivity index (χ1) is 8.66. The second kappa shape index (κ2) is 3.77. The van der Waals surface area contributed by atoms with Gasteiger partial charge in [-0.2, -0.15) is 0 Å². The molecule has 0 atom stereocenters. The van der Waals surface area contributed by atoms with E-state index in [9.17, 15) is 9.90 Å². The number of H-pyrrole nitrogens is 1. The average molecular weight is 240 g/mol. The topological polar surface area (TPSA) is 58.0 Å². The van der Waals surface area contributed by atoms with E-state index in [1.54, 1.807) is 22.8 Å². The summed E-state index contributed by atoms with van der Waals surface area (Å²) in [7, 11) is 0. The Bertz CT molecular complexity index is 784. The minimum atomic E-state index is -0.253. The van der Waals surface area contributed by atoms with Crippen molar-refractivity contribution in [2.45, 2.75) is 6.92 Å². The molecule has 3 rings (SSSR count). The average Bonchev–Trinajstić information content (AvgIpc) is 2.67. The normalized spacial score (nSPS) is 10.9. The number of aromatic hydroxyl groups is 1. The lowest BCUT2D eigenvalue weighted by atomic mass is 10.2. The van der Waals surface area contributed by atoms with Crippen molar-refractivity contribution in [1.29, 1.82) is 0 Å². The van der Waals surface area contributed by atoms with E-state index in [4.69, 9.17) is 0 Å². The van der Waals surface area contributed by atoms with Crippen molar-refractivity contribution in [2.75, 3.05) is 0 Å². The molecule has 0 saturated carbocycles. The minimum absolute atomic E-state index is 0.0796. The second-order valence-corrected chi connectivity index (χ2v) is 4.28. The van der Waals surface area contributed by atoms with Gasteiger partial charge in [-0.15, -0.1) is 0 Å². The number of aryl methyl sites for hydroxylation is 1. The number of aromatic nitrogens is 2. The Hall–Kier alpha value is -2.49. The Labute approximate surface area is 103 Å². The molecule has 0 aliphatic carbocycles. The van der Waals surface area contributed by atoms with Crippen LogP contribution in [0.2, 0.25) is 0 Å². The molecule has 2 N–H and O–H groups in total. The molecule has 0 saturated heterocycles. The van der Waals surface area contributed by atoms with Gasteiger partial charge in [0.2, 0.25) is 0 Å². The van der Waals surface area contributed by atoms with Crippen molar-refractivity contribution in [2.24, 2.45) is 0 Å². The number of phenolic OH excluding ortho intramolecular Hbond substituents is 1. The lowest BCUT2D eigenvalue weighted by Crippen LogP contribution is -2.14. The molecule has 4 heteroatoms. The molecule has 0 aliphatic heterocycles. The molecular formula is C14H12N2O2. The molecule has 1 heterocycles. The van der Waals surface area contributed by atoms with Crippen molar-refractivity contribution in [3.05, 3.63) is 58.5 Å². The largest absolute Gasteiger partial charge is 0.506 e. The molecule has 0 fully saturated rings. The SMILES string of the molecule is Cc1cccc(-n2c(=O)[nH]c3c(O)cccc32)c1. The fraction of sp³-hybridized carbons (Fsp3) is 0.0714. The van der Waals surface area contributed by atoms with Crippen LogP contribution < -0.4 is 5.69 Å². The number of phenols is 1. The van der Waals surface area contributed by atoms with Gasteiger partial charge in [0.1, 0.15) is 11.3 Å². The van der Waals surface area contributed by atoms with E-state index in [2.05, 4.69) is 4.98 Å². The van der Waals surface area contributed by atoms with Gasteiger partial charge in [0.25, 0.3) is 0 Å². The fourth-order valence-electron chi connectivity index (χ4n) is 2.14. The van der Waals surface area contributed by atoms with Crippen molar-refractivity contribution >= 4 is 11.0 Å². The third kappa shape index (κ3) is 1.50. The predicted octanol–water partition coefficient (Wildman–Crippen LogP) is 2.33. The second-order valence-electron chi connectivity index (χ2n) is 4.28. The first-order valence-corrected chi connectivity index (χ1v) is 5.66. The Balaban J connectivity index is 2.39. The highest BCUT2D eigenvalue weighted by atomic mass is 16.3. The summed E-state index contributed by atoms with van der Waals surface area (Å²) in [5, 5.41) is 9.73. The summed E-state index contributed by atoms with van der Waals surface area (Å²) in [5.41, 5.74) is 2.75. The zero-order chi connectivity index (χ0) is 12.7. The Morgan fingerprint density at radius 3 is 2.72 bits per heavy atom. The standard InChI is InChI=1S/C14H12N2O2/c1-9-4-2-5-10(8-9)16-11-6-3-7-12(17)13(11)15-14(16)18/h2-8,17H,1H3,(H,15,18). The van der Waals surface area contributed by atoms with Gasteiger partial charge in [-0.25, -0.2) is 4.79 Å². The third-order valence-corrected chi connectivity index (χ3v) is 2.96. The lowest BCUT2D eigenvalue weighted by Gasteiger charge is -2.04. The van der Waals surface area contributed by atoms with Gasteiger partial charge in [0.15, 0.2) is 0 Å². The van der Waals surface area contributed by atoms with Crippen molar-refractivity contribution in [1.82, 2.24) is 9.55 Å². The number of aromatic amines is 1. The number of nitrogens with zero attached hydrogens (tertiary/aromatic N) is 1. The highest BCUT2D eigenvalue weighted by Gasteiger charge is 2.10. The predicted molar refractivity (Wildman–Crippen MR) is 70.3 cm³/mol. The molecule has 0 bridgehead atoms. The summed E-state index contributed by atoms with van der Waals surface area (Å²) in [5.74, 6) is 0.0796. The van der Waals surface area contributed by atoms with Crippen LogP contribution in [0.15, 0.2) is 47.3 Å². The number of fused-ring (bicyclic) bond motifs is 1. The molecule has 2 aromatic carbocycles. The van der Waals surface area contributed by atoms with E-state index in [1.165, 1.54) is 0 Å². The molecule has 1 aromatic heterocycles. The van der Waals surface area contributed by atoms with Gasteiger partial charge in [0.05, 0.1) is 11.2 Å². The highest BCUT2D eigenvalue weighted by molar-refractivity contribution is 5.83. The number of rotatable bonds is 1. The van der Waals surface area contributed by atoms with Crippen molar-refractivity contribution < 1.29 is 5.11 Å². The van der Waals surface area contributed by atoms with Gasteiger partial charge in [-0.1, -0.05) is 18.2 Å². The van der Waals surface area contributed by atoms with Crippen LogP contribution in [-0.4, -0.2) is 14.7 Å². The van der Waals surface area contributed by atoms with Crippen LogP contribution in [0.3, 0.4) is 0 Å². The van der Waals surface area contributed by atoms with E-state index >= 15 is 0 Å². The summed E-state index contributed by atoms with van der Waals surface area (Å²) < 4.78 is 1.56. The van der Waals surface area contributed by atoms with E-state index < -0.39 is 0 Å². The van der Waals surface area contributed by atoms with Crippen LogP contribution in [0.4, 0.5) is 0 Å². The fourth-order valence-corrected chi connectivity index (χ4v) is 2.14. The van der Waals surface area contributed by atoms with Gasteiger partial charge in [-0.3, -0.25) is 4.57 Å². The number of nitrogens with one attached hydrogen (secondary N) is 1. The number of imidazole rings is 1. The summed E-state index contributed by atoms with van der Waals surface area (Å²) >= 11 is 0. The van der Waals surface area contributed by atoms with E-state index in [0.717, 1.165) is 11.3 Å². The Kier molecular flexibility index (Phi) is 2.23. The zero-order valence-electron chi connectivity index (χ0n) is 9.84. The van der Waals surface area contributed by atoms with Crippen LogP contribution >= 0.6 is 0 Å². The van der Waals surface area contributed by atoms with Crippen LogP contribution in [-0.2, 0) is 0 Å². The number of hydrogen-bond donors (Lipinski definition) is 2. The monoisotopic (exact) mass is 240 g/mol. The van der Waals surface area contributed by atoms with Crippen LogP contribution in [0.5, 0.6) is 5.75 Å². The summed E-state index contributed by atoms with van der Waals surface area (Å²) in [4.78, 5) is 14.7. The van der Waals surface area contributed by atoms with Crippen LogP contribution in [0, 0.1) is 6.92 Å². The molecule has 0 radical (unpaired) electrons. The summed E-state index contributed by atoms with van der Waals surface area (Å²) in [6.45, 7) is 1.97. The molecular weight excluding hydrogens is 228 g/mol. The number of benzene rings is 2. The van der Waals surface area contributed by atoms with Crippen molar-refractivity contribution in [3.8, 4) is 11.4 Å². The van der Waals surface area contributed by atoms with Crippen molar-refractivity contribution in [3.63, 3.8) is 0 Å². The van der Waals surface area contributed by atoms with E-state index in [-0.39, 0.29) is 11.4 Å². The smallest absolute Gasteiger partial charge is 0.331 e. The molecule has 0 spiro atoms. The Morgan fingerprint density at radius 1 is 1.17 bits per heavy atom. The van der Waals surface area contributed by atoms with E-state index in [1.807, 2.05) is 31.2 Å². The maximum absolute atomic E-state index is 12.0. The van der Waals surface area contributed by atoms with Gasteiger partial charge < -0.3 is 10.1 Å². The molecule has 0 aliphatic rings. The summed E-state index contributed by atoms with van der Waals surface area (Å²) in [6.07, 6.45) is 0. The molecule has 0 unspecified atom stereocenters. The lowest BCUT2D eigenvalue weighted by molar-refractivity contribution is 0.480. The van der Waals surface area contributed by atoms with Crippen LogP contribution in [0.25, 0.3) is 16.7 Å². The molecule has 4 nitrogen and oxygen atoms in total. The minimum Gasteiger partial charge on any atom is -0.506 e. The maximum Gasteiger partial charge on any atom is 0.331 e. The Morgan fingerprint density at radius 2 is 1.94 bits per heavy atom.